The number of nitrogens with zero attached hydrogens (tertiary/aromatic N) is 2. The summed E-state index contributed by atoms with van der Waals surface area (Å²) in [6.45, 7) is 0. The van der Waals surface area contributed by atoms with Crippen LogP contribution in [0.25, 0.3) is 10.9 Å². The predicted octanol–water partition coefficient (Wildman–Crippen LogP) is 4.51. The zero-order chi connectivity index (χ0) is 16.5. The molecule has 1 aromatic heterocycles. The topological polar surface area (TPSA) is 57.9 Å². The summed E-state index contributed by atoms with van der Waals surface area (Å²) >= 11 is 1.86. The zero-order valence-corrected chi connectivity index (χ0v) is 14.0. The molecule has 118 valence electrons. The number of aromatic nitrogens is 1. The smallest absolute Gasteiger partial charge is 0.119 e. The number of benzene rings is 2. The van der Waals surface area contributed by atoms with Gasteiger partial charge in [-0.25, -0.2) is 0 Å². The van der Waals surface area contributed by atoms with Crippen molar-refractivity contribution in [2.24, 2.45) is 0 Å². The molecule has 4 rings (SSSR count). The van der Waals surface area contributed by atoms with Gasteiger partial charge in [-0.3, -0.25) is 4.98 Å². The molecular formula is C19H15N3OS. The van der Waals surface area contributed by atoms with Gasteiger partial charge in [-0.1, -0.05) is 0 Å². The van der Waals surface area contributed by atoms with Gasteiger partial charge in [-0.05, 0) is 48.4 Å². The van der Waals surface area contributed by atoms with Gasteiger partial charge in [0.25, 0.3) is 0 Å². The van der Waals surface area contributed by atoms with Crippen LogP contribution in [-0.4, -0.2) is 17.8 Å². The van der Waals surface area contributed by atoms with Gasteiger partial charge in [0.2, 0.25) is 0 Å². The van der Waals surface area contributed by atoms with Gasteiger partial charge in [0.05, 0.1) is 23.9 Å². The number of hydrogen-bond acceptors (Lipinski definition) is 5. The van der Waals surface area contributed by atoms with Gasteiger partial charge in [-0.15, -0.1) is 11.8 Å². The number of ether oxygens (including phenoxy) is 1. The third-order valence-electron chi connectivity index (χ3n) is 4.19. The van der Waals surface area contributed by atoms with E-state index in [2.05, 4.69) is 22.4 Å². The average Bonchev–Trinajstić information content (AvgIpc) is 3.11. The Bertz CT molecular complexity index is 961. The largest absolute Gasteiger partial charge is 0.497 e. The summed E-state index contributed by atoms with van der Waals surface area (Å²) in [5.41, 5.74) is 4.53. The van der Waals surface area contributed by atoms with Crippen molar-refractivity contribution in [3.05, 3.63) is 53.7 Å². The van der Waals surface area contributed by atoms with Gasteiger partial charge < -0.3 is 10.1 Å². The van der Waals surface area contributed by atoms with E-state index in [1.807, 2.05) is 42.1 Å². The average molecular weight is 333 g/mol. The third-order valence-corrected chi connectivity index (χ3v) is 5.29. The summed E-state index contributed by atoms with van der Waals surface area (Å²) in [6, 6.07) is 14.1. The van der Waals surface area contributed by atoms with Crippen LogP contribution in [0.15, 0.2) is 47.5 Å². The van der Waals surface area contributed by atoms with E-state index in [0.29, 0.717) is 5.56 Å². The molecular weight excluding hydrogens is 318 g/mol. The maximum Gasteiger partial charge on any atom is 0.119 e. The number of methoxy groups -OCH3 is 1. The summed E-state index contributed by atoms with van der Waals surface area (Å²) in [5.74, 6) is 1.88. The molecule has 0 fully saturated rings. The number of rotatable bonds is 3. The van der Waals surface area contributed by atoms with Gasteiger partial charge >= 0.3 is 0 Å². The van der Waals surface area contributed by atoms with Crippen molar-refractivity contribution < 1.29 is 4.74 Å². The van der Waals surface area contributed by atoms with Crippen LogP contribution in [0.5, 0.6) is 5.75 Å². The van der Waals surface area contributed by atoms with Crippen LogP contribution in [0.1, 0.15) is 11.1 Å². The molecule has 0 aliphatic carbocycles. The first-order valence-electron chi connectivity index (χ1n) is 7.68. The van der Waals surface area contributed by atoms with Crippen molar-refractivity contribution in [1.29, 1.82) is 5.26 Å². The van der Waals surface area contributed by atoms with Crippen LogP contribution in [0.4, 0.5) is 11.4 Å². The monoisotopic (exact) mass is 333 g/mol. The summed E-state index contributed by atoms with van der Waals surface area (Å²) < 4.78 is 5.20. The molecule has 0 unspecified atom stereocenters. The Labute approximate surface area is 144 Å². The highest BCUT2D eigenvalue weighted by molar-refractivity contribution is 7.99. The Balaban J connectivity index is 1.89. The quantitative estimate of drug-likeness (QED) is 0.764. The number of aryl methyl sites for hydroxylation is 1. The van der Waals surface area contributed by atoms with Crippen LogP contribution >= 0.6 is 11.8 Å². The second kappa shape index (κ2) is 6.06. The minimum atomic E-state index is 0.559. The number of thioether (sulfide) groups is 1. The minimum Gasteiger partial charge on any atom is -0.497 e. The standard InChI is InChI=1S/C19H15N3OS/c1-23-14-4-2-13(3-5-14)22-19-12(10-20)11-21-16-6-7-17-15(18(16)19)8-9-24-17/h2-7,11H,8-9H2,1H3,(H,21,22). The molecule has 1 aliphatic rings. The maximum absolute atomic E-state index is 9.53. The molecule has 0 saturated carbocycles. The van der Waals surface area contributed by atoms with Crippen molar-refractivity contribution in [3.8, 4) is 11.8 Å². The fourth-order valence-corrected chi connectivity index (χ4v) is 4.08. The number of anilines is 2. The van der Waals surface area contributed by atoms with Crippen molar-refractivity contribution >= 4 is 34.0 Å². The molecule has 1 aliphatic heterocycles. The van der Waals surface area contributed by atoms with Gasteiger partial charge in [0, 0.05) is 27.9 Å². The van der Waals surface area contributed by atoms with Crippen LogP contribution < -0.4 is 10.1 Å². The fourth-order valence-electron chi connectivity index (χ4n) is 3.02. The summed E-state index contributed by atoms with van der Waals surface area (Å²) in [7, 11) is 1.65. The Morgan fingerprint density at radius 1 is 1.21 bits per heavy atom. The molecule has 24 heavy (non-hydrogen) atoms. The summed E-state index contributed by atoms with van der Waals surface area (Å²) in [4.78, 5) is 5.76. The second-order valence-electron chi connectivity index (χ2n) is 5.55. The number of fused-ring (bicyclic) bond motifs is 3. The first kappa shape index (κ1) is 14.9. The summed E-state index contributed by atoms with van der Waals surface area (Å²) in [5, 5.41) is 14.0. The Morgan fingerprint density at radius 2 is 2.04 bits per heavy atom. The Hall–Kier alpha value is -2.71. The van der Waals surface area contributed by atoms with Crippen LogP contribution in [0, 0.1) is 11.3 Å². The SMILES string of the molecule is COc1ccc(Nc2c(C#N)cnc3ccc4c(c23)CCS4)cc1. The first-order chi connectivity index (χ1) is 11.8. The number of pyridine rings is 1. The predicted molar refractivity (Wildman–Crippen MR) is 97.2 cm³/mol. The number of nitriles is 1. The van der Waals surface area contributed by atoms with Gasteiger partial charge in [0.15, 0.2) is 0 Å². The first-order valence-corrected chi connectivity index (χ1v) is 8.67. The molecule has 0 radical (unpaired) electrons. The van der Waals surface area contributed by atoms with Crippen molar-refractivity contribution in [2.75, 3.05) is 18.2 Å². The second-order valence-corrected chi connectivity index (χ2v) is 6.68. The molecule has 0 saturated heterocycles. The molecule has 3 aromatic rings. The molecule has 2 aromatic carbocycles. The maximum atomic E-state index is 9.53. The zero-order valence-electron chi connectivity index (χ0n) is 13.2. The van der Waals surface area contributed by atoms with Crippen LogP contribution in [-0.2, 0) is 6.42 Å². The van der Waals surface area contributed by atoms with E-state index in [1.165, 1.54) is 10.5 Å². The van der Waals surface area contributed by atoms with E-state index in [1.54, 1.807) is 13.3 Å². The number of nitrogens with one attached hydrogen (secondary N) is 1. The molecule has 0 bridgehead atoms. The lowest BCUT2D eigenvalue weighted by atomic mass is 10.0. The summed E-state index contributed by atoms with van der Waals surface area (Å²) in [6.07, 6.45) is 2.65. The Morgan fingerprint density at radius 3 is 2.79 bits per heavy atom. The van der Waals surface area contributed by atoms with Gasteiger partial charge in [-0.2, -0.15) is 5.26 Å². The van der Waals surface area contributed by atoms with Crippen molar-refractivity contribution in [2.45, 2.75) is 11.3 Å². The van der Waals surface area contributed by atoms with Crippen LogP contribution in [0.2, 0.25) is 0 Å². The number of hydrogen-bond donors (Lipinski definition) is 1. The molecule has 4 nitrogen and oxygen atoms in total. The van der Waals surface area contributed by atoms with Crippen molar-refractivity contribution in [3.63, 3.8) is 0 Å². The van der Waals surface area contributed by atoms with E-state index in [-0.39, 0.29) is 0 Å². The highest BCUT2D eigenvalue weighted by atomic mass is 32.2. The van der Waals surface area contributed by atoms with Crippen molar-refractivity contribution in [1.82, 2.24) is 4.98 Å². The molecule has 2 heterocycles. The lowest BCUT2D eigenvalue weighted by Gasteiger charge is -2.14. The van der Waals surface area contributed by atoms with E-state index >= 15 is 0 Å². The molecule has 0 spiro atoms. The lowest BCUT2D eigenvalue weighted by Crippen LogP contribution is -1.99. The van der Waals surface area contributed by atoms with E-state index in [4.69, 9.17) is 4.74 Å². The fraction of sp³-hybridized carbons (Fsp3) is 0.158. The third kappa shape index (κ3) is 2.45. The molecule has 1 N–H and O–H groups in total. The molecule has 5 heteroatoms. The highest BCUT2D eigenvalue weighted by Gasteiger charge is 2.19. The Kier molecular flexibility index (Phi) is 3.75. The van der Waals surface area contributed by atoms with Gasteiger partial charge in [0.1, 0.15) is 11.8 Å². The van der Waals surface area contributed by atoms with Crippen LogP contribution in [0.3, 0.4) is 0 Å². The normalized spacial score (nSPS) is 12.7. The highest BCUT2D eigenvalue weighted by Crippen LogP contribution is 2.40. The van der Waals surface area contributed by atoms with E-state index in [9.17, 15) is 5.26 Å². The van der Waals surface area contributed by atoms with E-state index in [0.717, 1.165) is 40.2 Å². The molecule has 0 atom stereocenters. The lowest BCUT2D eigenvalue weighted by molar-refractivity contribution is 0.415. The van der Waals surface area contributed by atoms with E-state index < -0.39 is 0 Å². The molecule has 0 amide bonds. The minimum absolute atomic E-state index is 0.559.